The molecule has 10 nitrogen and oxygen atoms in total. The van der Waals surface area contributed by atoms with E-state index < -0.39 is 12.1 Å². The summed E-state index contributed by atoms with van der Waals surface area (Å²) >= 11 is 0. The third kappa shape index (κ3) is 23.9. The van der Waals surface area contributed by atoms with Crippen LogP contribution >= 0.6 is 0 Å². The summed E-state index contributed by atoms with van der Waals surface area (Å²) in [6.07, 6.45) is 3.01. The van der Waals surface area contributed by atoms with Crippen LogP contribution in [0.5, 0.6) is 0 Å². The average molecular weight is 405 g/mol. The molecule has 0 aliphatic heterocycles. The van der Waals surface area contributed by atoms with E-state index in [4.69, 9.17) is 34.9 Å². The number of carboxylic acid groups (broad SMARTS) is 1. The molecule has 150 valence electrons. The summed E-state index contributed by atoms with van der Waals surface area (Å²) in [4.78, 5) is 24.4. The first-order valence-electron chi connectivity index (χ1n) is 8.00. The summed E-state index contributed by atoms with van der Waals surface area (Å²) in [6, 6.07) is 0. The Morgan fingerprint density at radius 1 is 0.960 bits per heavy atom. The quantitative estimate of drug-likeness (QED) is 0.107. The minimum absolute atomic E-state index is 0. The first kappa shape index (κ1) is 29.6. The van der Waals surface area contributed by atoms with Crippen molar-refractivity contribution in [2.75, 3.05) is 39.6 Å². The molecule has 0 fully saturated rings. The van der Waals surface area contributed by atoms with Gasteiger partial charge in [0.2, 0.25) is 0 Å². The van der Waals surface area contributed by atoms with Gasteiger partial charge >= 0.3 is 0 Å². The Morgan fingerprint density at radius 2 is 1.40 bits per heavy atom. The monoisotopic (exact) mass is 405 g/mol. The molecular weight excluding hydrogens is 374 g/mol. The molecule has 0 rings (SSSR count). The van der Waals surface area contributed by atoms with Crippen molar-refractivity contribution in [1.82, 2.24) is 0 Å². The van der Waals surface area contributed by atoms with Gasteiger partial charge < -0.3 is 30.3 Å². The molecule has 0 aromatic heterocycles. The van der Waals surface area contributed by atoms with E-state index in [2.05, 4.69) is 6.92 Å². The van der Waals surface area contributed by atoms with Crippen LogP contribution in [0, 0.1) is 0 Å². The maximum Gasteiger partial charge on any atom is 0.138 e. The summed E-state index contributed by atoms with van der Waals surface area (Å²) in [7, 11) is 0. The van der Waals surface area contributed by atoms with Crippen molar-refractivity contribution in [3.05, 3.63) is 0 Å². The molecule has 0 radical (unpaired) electrons. The first-order chi connectivity index (χ1) is 11.5. The summed E-state index contributed by atoms with van der Waals surface area (Å²) in [6.45, 7) is 1.75. The molecule has 0 bridgehead atoms. The normalized spacial score (nSPS) is 11.4. The standard InChI is InChI=1S/C8H16O3.C6H16NO6.Ti/c1-2-3-4-5-6-7(9)8(10)11;8-1-4-11-7(12-5-2-9)13-6-3-10;/h7,9H,2-6H2,1H3,(H,10,11);7-10H,1-6H2;/q;+1;/p-1. The fraction of sp³-hybridized carbons (Fsp3) is 0.929. The molecule has 1 atom stereocenters. The zero-order chi connectivity index (χ0) is 18.6. The minimum Gasteiger partial charge on any atom is -0.547 e. The van der Waals surface area contributed by atoms with Crippen molar-refractivity contribution in [1.29, 1.82) is 0 Å². The second-order valence-corrected chi connectivity index (χ2v) is 4.65. The van der Waals surface area contributed by atoms with E-state index in [1.54, 1.807) is 0 Å². The molecule has 0 saturated heterocycles. The molecular formula is C14H31NO9Ti. The van der Waals surface area contributed by atoms with Gasteiger partial charge in [-0.3, -0.25) is 0 Å². The van der Waals surface area contributed by atoms with Crippen LogP contribution in [0.25, 0.3) is 0 Å². The van der Waals surface area contributed by atoms with Crippen LogP contribution in [-0.2, 0) is 41.0 Å². The number of hydrogen-bond acceptors (Lipinski definition) is 9. The SMILES string of the molecule is CCCCCCC(O)C(=O)[O-].OCCO[NH+](OCCO)OCCO.[Ti]. The third-order valence-electron chi connectivity index (χ3n) is 2.54. The number of rotatable bonds is 15. The number of aliphatic hydroxyl groups excluding tert-OH is 4. The molecule has 0 aliphatic carbocycles. The van der Waals surface area contributed by atoms with Crippen molar-refractivity contribution in [2.45, 2.75) is 45.1 Å². The summed E-state index contributed by atoms with van der Waals surface area (Å²) < 4.78 is 0. The van der Waals surface area contributed by atoms with Crippen LogP contribution in [-0.4, -0.2) is 72.1 Å². The predicted molar refractivity (Wildman–Crippen MR) is 79.8 cm³/mol. The number of hydrogen-bond donors (Lipinski definition) is 5. The van der Waals surface area contributed by atoms with Gasteiger partial charge in [-0.15, -0.1) is 14.5 Å². The number of carbonyl (C=O) groups is 1. The fourth-order valence-corrected chi connectivity index (χ4v) is 1.39. The average Bonchev–Trinajstić information content (AvgIpc) is 2.58. The molecule has 25 heavy (non-hydrogen) atoms. The molecule has 0 heterocycles. The number of aliphatic carboxylic acids is 1. The number of aliphatic hydroxyl groups is 4. The molecule has 0 amide bonds. The molecule has 0 spiro atoms. The van der Waals surface area contributed by atoms with E-state index in [-0.39, 0.29) is 66.7 Å². The number of carbonyl (C=O) groups excluding carboxylic acids is 1. The molecule has 11 heteroatoms. The zero-order valence-electron chi connectivity index (χ0n) is 14.7. The zero-order valence-corrected chi connectivity index (χ0v) is 16.2. The van der Waals surface area contributed by atoms with Gasteiger partial charge in [0.1, 0.15) is 19.8 Å². The first-order valence-corrected chi connectivity index (χ1v) is 8.00. The van der Waals surface area contributed by atoms with Gasteiger partial charge in [0.15, 0.2) is 0 Å². The van der Waals surface area contributed by atoms with Gasteiger partial charge in [0, 0.05) is 21.7 Å². The smallest absolute Gasteiger partial charge is 0.138 e. The van der Waals surface area contributed by atoms with Crippen molar-refractivity contribution >= 4 is 5.97 Å². The van der Waals surface area contributed by atoms with E-state index in [0.29, 0.717) is 6.42 Å². The second-order valence-electron chi connectivity index (χ2n) is 4.65. The van der Waals surface area contributed by atoms with Crippen LogP contribution < -0.4 is 10.5 Å². The predicted octanol–water partition coefficient (Wildman–Crippen LogP) is -3.29. The molecule has 0 saturated carbocycles. The van der Waals surface area contributed by atoms with E-state index in [0.717, 1.165) is 25.7 Å². The number of nitrogens with one attached hydrogen (secondary N) is 1. The Hall–Kier alpha value is -0.136. The molecule has 5 N–H and O–H groups in total. The number of unbranched alkanes of at least 4 members (excludes halogenated alkanes) is 3. The maximum absolute atomic E-state index is 10.0. The second kappa shape index (κ2) is 23.9. The number of carboxylic acids is 1. The van der Waals surface area contributed by atoms with Gasteiger partial charge in [-0.05, 0) is 6.42 Å². The van der Waals surface area contributed by atoms with Gasteiger partial charge in [0.05, 0.1) is 37.3 Å². The van der Waals surface area contributed by atoms with Gasteiger partial charge in [-0.2, -0.15) is 0 Å². The van der Waals surface area contributed by atoms with Gasteiger partial charge in [0.25, 0.3) is 0 Å². The van der Waals surface area contributed by atoms with Crippen molar-refractivity contribution in [3.8, 4) is 0 Å². The van der Waals surface area contributed by atoms with Crippen molar-refractivity contribution in [3.63, 3.8) is 0 Å². The number of quaternary nitrogens is 1. The Bertz CT molecular complexity index is 256. The van der Waals surface area contributed by atoms with E-state index in [9.17, 15) is 9.90 Å². The van der Waals surface area contributed by atoms with Crippen LogP contribution in [0.2, 0.25) is 0 Å². The van der Waals surface area contributed by atoms with E-state index in [1.807, 2.05) is 0 Å². The Balaban J connectivity index is -0.000000377. The summed E-state index contributed by atoms with van der Waals surface area (Å²) in [5.74, 6) is -1.36. The topological polar surface area (TPSA) is 153 Å². The fourth-order valence-electron chi connectivity index (χ4n) is 1.39. The van der Waals surface area contributed by atoms with Crippen molar-refractivity contribution < 1.29 is 71.9 Å². The van der Waals surface area contributed by atoms with Crippen LogP contribution in [0.3, 0.4) is 0 Å². The third-order valence-corrected chi connectivity index (χ3v) is 2.54. The summed E-state index contributed by atoms with van der Waals surface area (Å²) in [5, 5.41) is 43.9. The Labute approximate surface area is 163 Å². The van der Waals surface area contributed by atoms with Crippen LogP contribution in [0.1, 0.15) is 39.0 Å². The van der Waals surface area contributed by atoms with E-state index in [1.165, 1.54) is 0 Å². The van der Waals surface area contributed by atoms with Gasteiger partial charge in [-0.1, -0.05) is 32.6 Å². The van der Waals surface area contributed by atoms with Crippen LogP contribution in [0.4, 0.5) is 0 Å². The molecule has 0 aromatic rings. The molecule has 0 aliphatic rings. The van der Waals surface area contributed by atoms with Crippen LogP contribution in [0.15, 0.2) is 0 Å². The van der Waals surface area contributed by atoms with Crippen molar-refractivity contribution in [2.24, 2.45) is 0 Å². The maximum atomic E-state index is 10.0. The molecule has 0 aromatic carbocycles. The Morgan fingerprint density at radius 3 is 1.72 bits per heavy atom. The Kier molecular flexibility index (Phi) is 28.3. The van der Waals surface area contributed by atoms with E-state index >= 15 is 0 Å². The minimum atomic E-state index is -1.36. The largest absolute Gasteiger partial charge is 0.547 e. The summed E-state index contributed by atoms with van der Waals surface area (Å²) in [5.41, 5.74) is 0. The molecule has 1 unspecified atom stereocenters. The van der Waals surface area contributed by atoms with Gasteiger partial charge in [-0.25, -0.2) is 0 Å².